The van der Waals surface area contributed by atoms with E-state index in [-0.39, 0.29) is 11.9 Å². The zero-order valence-electron chi connectivity index (χ0n) is 13.2. The maximum atomic E-state index is 12.6. The Morgan fingerprint density at radius 2 is 2.10 bits per heavy atom. The molecule has 0 heterocycles. The molecule has 4 heteroatoms. The summed E-state index contributed by atoms with van der Waals surface area (Å²) in [5, 5.41) is 13.4. The average Bonchev–Trinajstić information content (AvgIpc) is 2.48. The van der Waals surface area contributed by atoms with Crippen LogP contribution in [0.25, 0.3) is 0 Å². The second-order valence-electron chi connectivity index (χ2n) is 5.90. The Morgan fingerprint density at radius 3 is 2.71 bits per heavy atom. The van der Waals surface area contributed by atoms with E-state index in [9.17, 15) is 9.90 Å². The van der Waals surface area contributed by atoms with Crippen LogP contribution in [-0.4, -0.2) is 41.7 Å². The summed E-state index contributed by atoms with van der Waals surface area (Å²) >= 11 is 0. The number of likely N-dealkylation sites (N-methyl/N-ethyl adjacent to an activating group) is 1. The predicted octanol–water partition coefficient (Wildman–Crippen LogP) is 2.80. The van der Waals surface area contributed by atoms with Crippen LogP contribution in [0, 0.1) is 6.92 Å². The van der Waals surface area contributed by atoms with E-state index in [0.29, 0.717) is 5.56 Å². The number of hydrogen-bond acceptors (Lipinski definition) is 3. The Morgan fingerprint density at radius 1 is 1.38 bits per heavy atom. The van der Waals surface area contributed by atoms with Gasteiger partial charge in [0.25, 0.3) is 5.91 Å². The fourth-order valence-corrected chi connectivity index (χ4v) is 3.08. The number of aliphatic hydroxyl groups is 1. The average molecular weight is 290 g/mol. The van der Waals surface area contributed by atoms with Crippen molar-refractivity contribution in [3.63, 3.8) is 0 Å². The van der Waals surface area contributed by atoms with E-state index in [2.05, 4.69) is 12.2 Å². The van der Waals surface area contributed by atoms with Crippen molar-refractivity contribution in [3.05, 3.63) is 29.3 Å². The van der Waals surface area contributed by atoms with E-state index < -0.39 is 6.10 Å². The number of nitrogens with one attached hydrogen (secondary N) is 1. The van der Waals surface area contributed by atoms with Crippen molar-refractivity contribution < 1.29 is 9.90 Å². The molecule has 0 saturated heterocycles. The second-order valence-corrected chi connectivity index (χ2v) is 5.90. The molecule has 1 aromatic carbocycles. The van der Waals surface area contributed by atoms with Crippen LogP contribution >= 0.6 is 0 Å². The van der Waals surface area contributed by atoms with Crippen molar-refractivity contribution in [2.45, 2.75) is 51.7 Å². The molecular weight excluding hydrogens is 264 g/mol. The number of amides is 1. The van der Waals surface area contributed by atoms with Crippen LogP contribution < -0.4 is 5.32 Å². The molecule has 1 aliphatic rings. The lowest BCUT2D eigenvalue weighted by Crippen LogP contribution is -2.46. The Kier molecular flexibility index (Phi) is 5.23. The highest BCUT2D eigenvalue weighted by Gasteiger charge is 2.29. The van der Waals surface area contributed by atoms with Gasteiger partial charge in [0.1, 0.15) is 0 Å². The van der Waals surface area contributed by atoms with Gasteiger partial charge in [-0.25, -0.2) is 0 Å². The van der Waals surface area contributed by atoms with E-state index in [1.165, 1.54) is 0 Å². The monoisotopic (exact) mass is 290 g/mol. The summed E-state index contributed by atoms with van der Waals surface area (Å²) in [6.07, 6.45) is 3.42. The summed E-state index contributed by atoms with van der Waals surface area (Å²) < 4.78 is 0. The molecule has 1 amide bonds. The molecule has 21 heavy (non-hydrogen) atoms. The van der Waals surface area contributed by atoms with Gasteiger partial charge in [-0.2, -0.15) is 0 Å². The molecule has 2 rings (SSSR count). The van der Waals surface area contributed by atoms with Crippen molar-refractivity contribution in [2.75, 3.05) is 18.9 Å². The topological polar surface area (TPSA) is 52.6 Å². The lowest BCUT2D eigenvalue weighted by Gasteiger charge is -2.35. The van der Waals surface area contributed by atoms with Crippen LogP contribution in [0.2, 0.25) is 0 Å². The highest BCUT2D eigenvalue weighted by Crippen LogP contribution is 2.24. The van der Waals surface area contributed by atoms with Gasteiger partial charge in [0, 0.05) is 24.8 Å². The molecule has 1 fully saturated rings. The highest BCUT2D eigenvalue weighted by atomic mass is 16.3. The molecule has 2 unspecified atom stereocenters. The third-order valence-corrected chi connectivity index (χ3v) is 4.35. The van der Waals surface area contributed by atoms with Gasteiger partial charge in [0.05, 0.1) is 12.1 Å². The minimum absolute atomic E-state index is 0.00732. The van der Waals surface area contributed by atoms with Gasteiger partial charge in [-0.15, -0.1) is 0 Å². The van der Waals surface area contributed by atoms with E-state index in [0.717, 1.165) is 43.5 Å². The van der Waals surface area contributed by atoms with Gasteiger partial charge in [0.2, 0.25) is 0 Å². The van der Waals surface area contributed by atoms with E-state index in [1.807, 2.05) is 25.1 Å². The van der Waals surface area contributed by atoms with Gasteiger partial charge in [-0.3, -0.25) is 4.79 Å². The van der Waals surface area contributed by atoms with E-state index in [4.69, 9.17) is 0 Å². The van der Waals surface area contributed by atoms with Gasteiger partial charge in [-0.1, -0.05) is 12.8 Å². The molecule has 2 atom stereocenters. The van der Waals surface area contributed by atoms with Gasteiger partial charge >= 0.3 is 0 Å². The summed E-state index contributed by atoms with van der Waals surface area (Å²) in [5.74, 6) is -0.00732. The Balaban J connectivity index is 2.13. The Bertz CT molecular complexity index is 502. The molecule has 116 valence electrons. The lowest BCUT2D eigenvalue weighted by molar-refractivity contribution is 0.0268. The largest absolute Gasteiger partial charge is 0.391 e. The minimum Gasteiger partial charge on any atom is -0.391 e. The first-order valence-electron chi connectivity index (χ1n) is 7.84. The van der Waals surface area contributed by atoms with Crippen LogP contribution in [-0.2, 0) is 0 Å². The number of nitrogens with zero attached hydrogens (tertiary/aromatic N) is 1. The van der Waals surface area contributed by atoms with Crippen molar-refractivity contribution in [3.8, 4) is 0 Å². The third-order valence-electron chi connectivity index (χ3n) is 4.35. The number of anilines is 1. The summed E-state index contributed by atoms with van der Waals surface area (Å²) in [7, 11) is 1.80. The lowest BCUT2D eigenvalue weighted by atomic mass is 9.91. The summed E-state index contributed by atoms with van der Waals surface area (Å²) in [5.41, 5.74) is 2.82. The van der Waals surface area contributed by atoms with Gasteiger partial charge < -0.3 is 15.3 Å². The fraction of sp³-hybridized carbons (Fsp3) is 0.588. The first kappa shape index (κ1) is 15.8. The standard InChI is InChI=1S/C17H26N2O2/c1-4-18-14-10-9-13(11-12(14)2)17(21)19(3)15-7-5-6-8-16(15)20/h9-11,15-16,18,20H,4-8H2,1-3H3. The summed E-state index contributed by atoms with van der Waals surface area (Å²) in [4.78, 5) is 14.3. The first-order chi connectivity index (χ1) is 10.0. The van der Waals surface area contributed by atoms with Crippen molar-refractivity contribution in [1.82, 2.24) is 4.90 Å². The Labute approximate surface area is 127 Å². The zero-order valence-corrected chi connectivity index (χ0v) is 13.2. The predicted molar refractivity (Wildman–Crippen MR) is 85.7 cm³/mol. The summed E-state index contributed by atoms with van der Waals surface area (Å²) in [6, 6.07) is 5.68. The van der Waals surface area contributed by atoms with Gasteiger partial charge in [-0.05, 0) is 50.5 Å². The minimum atomic E-state index is -0.394. The second kappa shape index (κ2) is 6.94. The number of aryl methyl sites for hydroxylation is 1. The number of hydrogen-bond donors (Lipinski definition) is 2. The molecular formula is C17H26N2O2. The van der Waals surface area contributed by atoms with Crippen molar-refractivity contribution in [1.29, 1.82) is 0 Å². The quantitative estimate of drug-likeness (QED) is 0.896. The number of carbonyl (C=O) groups is 1. The maximum Gasteiger partial charge on any atom is 0.253 e. The van der Waals surface area contributed by atoms with Crippen LogP contribution in [0.4, 0.5) is 5.69 Å². The molecule has 1 saturated carbocycles. The van der Waals surface area contributed by atoms with Gasteiger partial charge in [0.15, 0.2) is 0 Å². The molecule has 0 radical (unpaired) electrons. The van der Waals surface area contributed by atoms with E-state index in [1.54, 1.807) is 11.9 Å². The third kappa shape index (κ3) is 3.56. The maximum absolute atomic E-state index is 12.6. The molecule has 0 aromatic heterocycles. The number of rotatable bonds is 4. The first-order valence-corrected chi connectivity index (χ1v) is 7.84. The molecule has 0 bridgehead atoms. The highest BCUT2D eigenvalue weighted by molar-refractivity contribution is 5.95. The summed E-state index contributed by atoms with van der Waals surface area (Å²) in [6.45, 7) is 4.92. The molecule has 2 N–H and O–H groups in total. The molecule has 4 nitrogen and oxygen atoms in total. The van der Waals surface area contributed by atoms with Crippen LogP contribution in [0.15, 0.2) is 18.2 Å². The SMILES string of the molecule is CCNc1ccc(C(=O)N(C)C2CCCCC2O)cc1C. The molecule has 0 spiro atoms. The Hall–Kier alpha value is -1.55. The van der Waals surface area contributed by atoms with Crippen molar-refractivity contribution in [2.24, 2.45) is 0 Å². The van der Waals surface area contributed by atoms with Crippen LogP contribution in [0.1, 0.15) is 48.5 Å². The van der Waals surface area contributed by atoms with Crippen LogP contribution in [0.3, 0.4) is 0 Å². The molecule has 1 aromatic rings. The van der Waals surface area contributed by atoms with E-state index >= 15 is 0 Å². The van der Waals surface area contributed by atoms with Crippen molar-refractivity contribution >= 4 is 11.6 Å². The zero-order chi connectivity index (χ0) is 15.4. The number of carbonyl (C=O) groups excluding carboxylic acids is 1. The normalized spacial score (nSPS) is 21.9. The fourth-order valence-electron chi connectivity index (χ4n) is 3.08. The molecule has 1 aliphatic carbocycles. The van der Waals surface area contributed by atoms with Crippen LogP contribution in [0.5, 0.6) is 0 Å². The smallest absolute Gasteiger partial charge is 0.253 e. The number of aliphatic hydroxyl groups excluding tert-OH is 1. The number of benzene rings is 1. The molecule has 0 aliphatic heterocycles.